The Morgan fingerprint density at radius 1 is 1.17 bits per heavy atom. The van der Waals surface area contributed by atoms with E-state index in [1.807, 2.05) is 12.4 Å². The van der Waals surface area contributed by atoms with Crippen LogP contribution in [0.15, 0.2) is 41.7 Å². The molecule has 0 saturated carbocycles. The average Bonchev–Trinajstić information content (AvgIpc) is 2.95. The second-order valence-corrected chi connectivity index (χ2v) is 6.15. The van der Waals surface area contributed by atoms with Crippen molar-refractivity contribution in [3.8, 4) is 0 Å². The highest BCUT2D eigenvalue weighted by molar-refractivity contribution is 14.0. The molecule has 132 valence electrons. The van der Waals surface area contributed by atoms with E-state index in [-0.39, 0.29) is 24.0 Å². The lowest BCUT2D eigenvalue weighted by atomic mass is 10.1. The molecule has 0 amide bonds. The minimum absolute atomic E-state index is 0. The molecule has 24 heavy (non-hydrogen) atoms. The van der Waals surface area contributed by atoms with Gasteiger partial charge >= 0.3 is 0 Å². The van der Waals surface area contributed by atoms with Crippen LogP contribution in [0.2, 0.25) is 0 Å². The summed E-state index contributed by atoms with van der Waals surface area (Å²) in [6.07, 6.45) is 3.88. The van der Waals surface area contributed by atoms with Crippen LogP contribution in [0.25, 0.3) is 0 Å². The van der Waals surface area contributed by atoms with E-state index in [0.717, 1.165) is 24.9 Å². The molecule has 6 heteroatoms. The molecule has 0 unspecified atom stereocenters. The Bertz CT molecular complexity index is 631. The first kappa shape index (κ1) is 20.5. The topological polar surface area (TPSA) is 54.2 Å². The van der Waals surface area contributed by atoms with Gasteiger partial charge in [0.25, 0.3) is 0 Å². The third kappa shape index (κ3) is 6.51. The average molecular weight is 441 g/mol. The standard InChI is InChI=1S/C18H27N5.HI/c1-14(2)13-23-10-9-20-17(23)12-22-18(19-4)21-11-16-7-5-15(3)6-8-16;/h5-10,14H,11-13H2,1-4H3,(H2,19,21,22);1H. The second kappa shape index (κ2) is 10.3. The molecular weight excluding hydrogens is 413 g/mol. The molecule has 2 N–H and O–H groups in total. The lowest BCUT2D eigenvalue weighted by molar-refractivity contribution is 0.503. The van der Waals surface area contributed by atoms with E-state index in [1.54, 1.807) is 7.05 Å². The Morgan fingerprint density at radius 3 is 2.46 bits per heavy atom. The van der Waals surface area contributed by atoms with Crippen molar-refractivity contribution < 1.29 is 0 Å². The maximum atomic E-state index is 4.42. The van der Waals surface area contributed by atoms with Gasteiger partial charge in [-0.2, -0.15) is 0 Å². The first-order valence-electron chi connectivity index (χ1n) is 8.08. The third-order valence-electron chi connectivity index (χ3n) is 3.58. The molecule has 0 aliphatic heterocycles. The van der Waals surface area contributed by atoms with Crippen molar-refractivity contribution in [2.45, 2.75) is 40.4 Å². The van der Waals surface area contributed by atoms with Crippen LogP contribution >= 0.6 is 24.0 Å². The Hall–Kier alpha value is -1.57. The zero-order chi connectivity index (χ0) is 16.7. The number of aromatic nitrogens is 2. The van der Waals surface area contributed by atoms with E-state index in [2.05, 4.69) is 70.2 Å². The molecule has 0 spiro atoms. The van der Waals surface area contributed by atoms with Gasteiger partial charge in [-0.1, -0.05) is 43.7 Å². The van der Waals surface area contributed by atoms with Crippen molar-refractivity contribution >= 4 is 29.9 Å². The zero-order valence-electron chi connectivity index (χ0n) is 14.9. The molecule has 2 rings (SSSR count). The van der Waals surface area contributed by atoms with Crippen LogP contribution in [0, 0.1) is 12.8 Å². The van der Waals surface area contributed by atoms with E-state index in [9.17, 15) is 0 Å². The van der Waals surface area contributed by atoms with Crippen LogP contribution in [-0.4, -0.2) is 22.6 Å². The summed E-state index contributed by atoms with van der Waals surface area (Å²) >= 11 is 0. The number of nitrogens with one attached hydrogen (secondary N) is 2. The molecule has 0 bridgehead atoms. The molecule has 0 atom stereocenters. The molecule has 2 aromatic rings. The van der Waals surface area contributed by atoms with Gasteiger partial charge in [-0.05, 0) is 18.4 Å². The first-order valence-corrected chi connectivity index (χ1v) is 8.08. The molecular formula is C18H28IN5. The SMILES string of the molecule is CN=C(NCc1ccc(C)cc1)NCc1nccn1CC(C)C.I. The molecule has 5 nitrogen and oxygen atoms in total. The molecule has 0 saturated heterocycles. The highest BCUT2D eigenvalue weighted by Crippen LogP contribution is 2.04. The Labute approximate surface area is 162 Å². The number of hydrogen-bond donors (Lipinski definition) is 2. The van der Waals surface area contributed by atoms with Gasteiger partial charge < -0.3 is 15.2 Å². The van der Waals surface area contributed by atoms with Gasteiger partial charge in [0.1, 0.15) is 5.82 Å². The summed E-state index contributed by atoms with van der Waals surface area (Å²) in [4.78, 5) is 8.69. The van der Waals surface area contributed by atoms with E-state index in [4.69, 9.17) is 0 Å². The number of benzene rings is 1. The summed E-state index contributed by atoms with van der Waals surface area (Å²) in [7, 11) is 1.78. The van der Waals surface area contributed by atoms with Crippen molar-refractivity contribution in [2.24, 2.45) is 10.9 Å². The fourth-order valence-electron chi connectivity index (χ4n) is 2.34. The fraction of sp³-hybridized carbons (Fsp3) is 0.444. The molecule has 1 heterocycles. The van der Waals surface area contributed by atoms with Gasteiger partial charge in [0, 0.05) is 32.5 Å². The monoisotopic (exact) mass is 441 g/mol. The summed E-state index contributed by atoms with van der Waals surface area (Å²) in [6, 6.07) is 8.50. The summed E-state index contributed by atoms with van der Waals surface area (Å²) < 4.78 is 2.19. The van der Waals surface area contributed by atoms with Crippen molar-refractivity contribution in [2.75, 3.05) is 7.05 Å². The maximum Gasteiger partial charge on any atom is 0.191 e. The Morgan fingerprint density at radius 2 is 1.83 bits per heavy atom. The Kier molecular flexibility index (Phi) is 8.81. The van der Waals surface area contributed by atoms with Gasteiger partial charge in [-0.15, -0.1) is 24.0 Å². The molecule has 0 aliphatic rings. The number of rotatable bonds is 6. The molecule has 1 aromatic heterocycles. The molecule has 0 fully saturated rings. The number of nitrogens with zero attached hydrogens (tertiary/aromatic N) is 3. The number of aliphatic imine (C=N–C) groups is 1. The molecule has 1 aromatic carbocycles. The molecule has 0 radical (unpaired) electrons. The van der Waals surface area contributed by atoms with E-state index >= 15 is 0 Å². The maximum absolute atomic E-state index is 4.42. The van der Waals surface area contributed by atoms with Crippen molar-refractivity contribution in [3.05, 3.63) is 53.6 Å². The highest BCUT2D eigenvalue weighted by Gasteiger charge is 2.06. The summed E-state index contributed by atoms with van der Waals surface area (Å²) in [6.45, 7) is 8.90. The van der Waals surface area contributed by atoms with Crippen LogP contribution < -0.4 is 10.6 Å². The van der Waals surface area contributed by atoms with Gasteiger partial charge in [0.2, 0.25) is 0 Å². The van der Waals surface area contributed by atoms with Gasteiger partial charge in [0.05, 0.1) is 6.54 Å². The number of imidazole rings is 1. The summed E-state index contributed by atoms with van der Waals surface area (Å²) in [5.74, 6) is 2.41. The number of guanidine groups is 1. The fourth-order valence-corrected chi connectivity index (χ4v) is 2.34. The zero-order valence-corrected chi connectivity index (χ0v) is 17.2. The minimum Gasteiger partial charge on any atom is -0.352 e. The van der Waals surface area contributed by atoms with Crippen molar-refractivity contribution in [1.82, 2.24) is 20.2 Å². The van der Waals surface area contributed by atoms with Crippen LogP contribution in [0.5, 0.6) is 0 Å². The van der Waals surface area contributed by atoms with Crippen molar-refractivity contribution in [3.63, 3.8) is 0 Å². The highest BCUT2D eigenvalue weighted by atomic mass is 127. The van der Waals surface area contributed by atoms with E-state index in [0.29, 0.717) is 12.5 Å². The largest absolute Gasteiger partial charge is 0.352 e. The van der Waals surface area contributed by atoms with Crippen LogP contribution in [-0.2, 0) is 19.6 Å². The number of halogens is 1. The van der Waals surface area contributed by atoms with E-state index < -0.39 is 0 Å². The lowest BCUT2D eigenvalue weighted by Gasteiger charge is -2.14. The minimum atomic E-state index is 0. The van der Waals surface area contributed by atoms with Gasteiger partial charge in [0.15, 0.2) is 5.96 Å². The predicted molar refractivity (Wildman–Crippen MR) is 111 cm³/mol. The van der Waals surface area contributed by atoms with Crippen LogP contribution in [0.1, 0.15) is 30.8 Å². The van der Waals surface area contributed by atoms with Crippen LogP contribution in [0.4, 0.5) is 0 Å². The van der Waals surface area contributed by atoms with Crippen molar-refractivity contribution in [1.29, 1.82) is 0 Å². The second-order valence-electron chi connectivity index (χ2n) is 6.15. The Balaban J connectivity index is 0.00000288. The predicted octanol–water partition coefficient (Wildman–Crippen LogP) is 3.33. The smallest absolute Gasteiger partial charge is 0.191 e. The number of aryl methyl sites for hydroxylation is 1. The molecule has 0 aliphatic carbocycles. The van der Waals surface area contributed by atoms with Gasteiger partial charge in [-0.3, -0.25) is 4.99 Å². The van der Waals surface area contributed by atoms with Crippen LogP contribution in [0.3, 0.4) is 0 Å². The van der Waals surface area contributed by atoms with E-state index in [1.165, 1.54) is 11.1 Å². The summed E-state index contributed by atoms with van der Waals surface area (Å²) in [5.41, 5.74) is 2.51. The third-order valence-corrected chi connectivity index (χ3v) is 3.58. The normalized spacial score (nSPS) is 11.3. The first-order chi connectivity index (χ1) is 11.1. The summed E-state index contributed by atoms with van der Waals surface area (Å²) in [5, 5.41) is 6.65. The van der Waals surface area contributed by atoms with Gasteiger partial charge in [-0.25, -0.2) is 4.98 Å². The number of hydrogen-bond acceptors (Lipinski definition) is 2. The quantitative estimate of drug-likeness (QED) is 0.411. The lowest BCUT2D eigenvalue weighted by Crippen LogP contribution is -2.37.